The molecule has 1 atom stereocenters. The van der Waals surface area contributed by atoms with Gasteiger partial charge in [-0.25, -0.2) is 0 Å². The van der Waals surface area contributed by atoms with E-state index in [1.807, 2.05) is 0 Å². The number of hydrogen-bond donors (Lipinski definition) is 2. The van der Waals surface area contributed by atoms with Crippen LogP contribution in [0.5, 0.6) is 0 Å². The highest BCUT2D eigenvalue weighted by atomic mass is 16.1. The van der Waals surface area contributed by atoms with E-state index in [0.717, 1.165) is 26.1 Å². The van der Waals surface area contributed by atoms with E-state index in [0.29, 0.717) is 18.3 Å². The summed E-state index contributed by atoms with van der Waals surface area (Å²) < 4.78 is 0. The number of carbonyl (C=O) groups excluding carboxylic acids is 1. The molecule has 0 fully saturated rings. The van der Waals surface area contributed by atoms with Gasteiger partial charge in [-0.15, -0.1) is 0 Å². The molecule has 1 amide bonds. The number of rotatable bonds is 12. The van der Waals surface area contributed by atoms with E-state index in [-0.39, 0.29) is 5.91 Å². The Bertz CT molecular complexity index is 217. The van der Waals surface area contributed by atoms with Crippen molar-refractivity contribution in [2.24, 2.45) is 11.8 Å². The summed E-state index contributed by atoms with van der Waals surface area (Å²) in [7, 11) is 0. The Morgan fingerprint density at radius 1 is 0.947 bits per heavy atom. The van der Waals surface area contributed by atoms with Crippen molar-refractivity contribution in [2.45, 2.75) is 66.2 Å². The van der Waals surface area contributed by atoms with Crippen molar-refractivity contribution in [3.63, 3.8) is 0 Å². The van der Waals surface area contributed by atoms with Gasteiger partial charge in [-0.2, -0.15) is 0 Å². The van der Waals surface area contributed by atoms with Crippen molar-refractivity contribution in [1.82, 2.24) is 10.6 Å². The molecule has 0 heterocycles. The number of hydrogen-bond acceptors (Lipinski definition) is 2. The molecule has 3 nitrogen and oxygen atoms in total. The number of carbonyl (C=O) groups is 1. The summed E-state index contributed by atoms with van der Waals surface area (Å²) in [6.45, 7) is 11.8. The molecule has 0 aromatic carbocycles. The minimum atomic E-state index is 0.210. The molecule has 0 aromatic heterocycles. The fraction of sp³-hybridized carbons (Fsp3) is 0.938. The van der Waals surface area contributed by atoms with E-state index < -0.39 is 0 Å². The second kappa shape index (κ2) is 12.5. The van der Waals surface area contributed by atoms with Gasteiger partial charge in [0, 0.05) is 13.0 Å². The lowest BCUT2D eigenvalue weighted by Gasteiger charge is -2.14. The molecule has 0 aromatic rings. The van der Waals surface area contributed by atoms with E-state index in [1.54, 1.807) is 0 Å². The Balaban J connectivity index is 3.27. The zero-order valence-electron chi connectivity index (χ0n) is 13.4. The second-order valence-corrected chi connectivity index (χ2v) is 5.94. The Kier molecular flexibility index (Phi) is 12.1. The lowest BCUT2D eigenvalue weighted by molar-refractivity contribution is -0.122. The van der Waals surface area contributed by atoms with Crippen LogP contribution in [0.1, 0.15) is 66.2 Å². The van der Waals surface area contributed by atoms with Crippen molar-refractivity contribution < 1.29 is 4.79 Å². The van der Waals surface area contributed by atoms with Gasteiger partial charge < -0.3 is 10.6 Å². The first-order valence-corrected chi connectivity index (χ1v) is 8.05. The predicted octanol–water partition coefficient (Wildman–Crippen LogP) is 3.34. The molecule has 0 saturated carbocycles. The van der Waals surface area contributed by atoms with Crippen LogP contribution >= 0.6 is 0 Å². The number of unbranched alkanes of at least 4 members (excludes halogenated alkanes) is 3. The third-order valence-corrected chi connectivity index (χ3v) is 3.71. The van der Waals surface area contributed by atoms with Crippen molar-refractivity contribution in [3.8, 4) is 0 Å². The van der Waals surface area contributed by atoms with Crippen LogP contribution in [0.3, 0.4) is 0 Å². The van der Waals surface area contributed by atoms with Crippen molar-refractivity contribution in [2.75, 3.05) is 19.6 Å². The monoisotopic (exact) mass is 270 g/mol. The van der Waals surface area contributed by atoms with Gasteiger partial charge in [0.1, 0.15) is 0 Å². The molecule has 3 heteroatoms. The molecular formula is C16H34N2O. The minimum absolute atomic E-state index is 0.210. The highest BCUT2D eigenvalue weighted by Gasteiger charge is 2.11. The summed E-state index contributed by atoms with van der Waals surface area (Å²) in [5.74, 6) is 1.27. The first kappa shape index (κ1) is 18.4. The zero-order chi connectivity index (χ0) is 14.5. The molecule has 2 N–H and O–H groups in total. The van der Waals surface area contributed by atoms with Crippen molar-refractivity contribution in [3.05, 3.63) is 0 Å². The van der Waals surface area contributed by atoms with Gasteiger partial charge >= 0.3 is 0 Å². The quantitative estimate of drug-likeness (QED) is 0.534. The van der Waals surface area contributed by atoms with Gasteiger partial charge in [0.15, 0.2) is 0 Å². The predicted molar refractivity (Wildman–Crippen MR) is 83.3 cm³/mol. The fourth-order valence-corrected chi connectivity index (χ4v) is 1.81. The first-order valence-electron chi connectivity index (χ1n) is 8.05. The highest BCUT2D eigenvalue weighted by Crippen LogP contribution is 2.13. The number of nitrogens with one attached hydrogen (secondary N) is 2. The molecular weight excluding hydrogens is 236 g/mol. The third-order valence-electron chi connectivity index (χ3n) is 3.71. The average molecular weight is 270 g/mol. The van der Waals surface area contributed by atoms with E-state index in [2.05, 4.69) is 38.3 Å². The summed E-state index contributed by atoms with van der Waals surface area (Å²) in [4.78, 5) is 11.6. The Morgan fingerprint density at radius 3 is 2.21 bits per heavy atom. The van der Waals surface area contributed by atoms with Crippen LogP contribution in [-0.4, -0.2) is 25.5 Å². The van der Waals surface area contributed by atoms with Crippen LogP contribution < -0.4 is 10.6 Å². The third kappa shape index (κ3) is 12.2. The maximum absolute atomic E-state index is 11.6. The Hall–Kier alpha value is -0.570. The molecule has 0 bridgehead atoms. The average Bonchev–Trinajstić information content (AvgIpc) is 2.36. The van der Waals surface area contributed by atoms with Gasteiger partial charge in [0.2, 0.25) is 5.91 Å². The molecule has 0 saturated heterocycles. The molecule has 0 rings (SSSR count). The zero-order valence-corrected chi connectivity index (χ0v) is 13.4. The summed E-state index contributed by atoms with van der Waals surface area (Å²) in [6, 6.07) is 0. The molecule has 0 spiro atoms. The van der Waals surface area contributed by atoms with E-state index in [4.69, 9.17) is 0 Å². The van der Waals surface area contributed by atoms with Crippen LogP contribution in [-0.2, 0) is 4.79 Å². The largest absolute Gasteiger partial charge is 0.356 e. The maximum atomic E-state index is 11.6. The van der Waals surface area contributed by atoms with Crippen LogP contribution in [0.15, 0.2) is 0 Å². The Labute approximate surface area is 119 Å². The van der Waals surface area contributed by atoms with Crippen LogP contribution in [0.4, 0.5) is 0 Å². The maximum Gasteiger partial charge on any atom is 0.220 e. The van der Waals surface area contributed by atoms with E-state index >= 15 is 0 Å². The molecule has 0 radical (unpaired) electrons. The van der Waals surface area contributed by atoms with Crippen LogP contribution in [0.2, 0.25) is 0 Å². The highest BCUT2D eigenvalue weighted by molar-refractivity contribution is 5.76. The van der Waals surface area contributed by atoms with E-state index in [1.165, 1.54) is 25.7 Å². The van der Waals surface area contributed by atoms with Gasteiger partial charge in [0.25, 0.3) is 0 Å². The molecule has 0 aliphatic carbocycles. The standard InChI is InChI=1S/C16H34N2O/c1-5-6-10-17-11-8-7-9-12-18-16(19)13-15(4)14(2)3/h14-15,17H,5-13H2,1-4H3,(H,18,19). The fourth-order valence-electron chi connectivity index (χ4n) is 1.81. The first-order chi connectivity index (χ1) is 9.07. The summed E-state index contributed by atoms with van der Waals surface area (Å²) in [5.41, 5.74) is 0. The lowest BCUT2D eigenvalue weighted by Crippen LogP contribution is -2.27. The van der Waals surface area contributed by atoms with Crippen LogP contribution in [0.25, 0.3) is 0 Å². The van der Waals surface area contributed by atoms with Gasteiger partial charge in [-0.1, -0.05) is 40.5 Å². The van der Waals surface area contributed by atoms with Crippen LogP contribution in [0, 0.1) is 11.8 Å². The van der Waals surface area contributed by atoms with Gasteiger partial charge in [-0.3, -0.25) is 4.79 Å². The molecule has 1 unspecified atom stereocenters. The minimum Gasteiger partial charge on any atom is -0.356 e. The molecule has 0 aliphatic rings. The smallest absolute Gasteiger partial charge is 0.220 e. The molecule has 114 valence electrons. The SMILES string of the molecule is CCCCNCCCCCNC(=O)CC(C)C(C)C. The molecule has 0 aliphatic heterocycles. The number of amides is 1. The van der Waals surface area contributed by atoms with Crippen molar-refractivity contribution >= 4 is 5.91 Å². The van der Waals surface area contributed by atoms with Gasteiger partial charge in [-0.05, 0) is 44.2 Å². The molecule has 19 heavy (non-hydrogen) atoms. The lowest BCUT2D eigenvalue weighted by atomic mass is 9.94. The van der Waals surface area contributed by atoms with E-state index in [9.17, 15) is 4.79 Å². The van der Waals surface area contributed by atoms with Gasteiger partial charge in [0.05, 0.1) is 0 Å². The van der Waals surface area contributed by atoms with Crippen molar-refractivity contribution in [1.29, 1.82) is 0 Å². The normalized spacial score (nSPS) is 12.7. The Morgan fingerprint density at radius 2 is 1.58 bits per heavy atom. The topological polar surface area (TPSA) is 41.1 Å². The second-order valence-electron chi connectivity index (χ2n) is 5.94. The summed E-state index contributed by atoms with van der Waals surface area (Å²) in [5, 5.41) is 6.46. The summed E-state index contributed by atoms with van der Waals surface area (Å²) >= 11 is 0. The summed E-state index contributed by atoms with van der Waals surface area (Å²) in [6.07, 6.45) is 6.69.